The van der Waals surface area contributed by atoms with Crippen LogP contribution < -0.4 is 4.72 Å². The molecule has 35 heavy (non-hydrogen) atoms. The zero-order valence-electron chi connectivity index (χ0n) is 20.1. The van der Waals surface area contributed by atoms with Gasteiger partial charge in [-0.05, 0) is 50.2 Å². The Morgan fingerprint density at radius 2 is 1.83 bits per heavy atom. The van der Waals surface area contributed by atoms with Crippen molar-refractivity contribution in [1.29, 1.82) is 0 Å². The highest BCUT2D eigenvalue weighted by atomic mass is 32.2. The molecule has 2 aromatic carbocycles. The topological polar surface area (TPSA) is 92.8 Å². The van der Waals surface area contributed by atoms with Gasteiger partial charge in [-0.2, -0.15) is 0 Å². The Kier molecular flexibility index (Phi) is 7.28. The van der Waals surface area contributed by atoms with Gasteiger partial charge in [0.1, 0.15) is 5.82 Å². The number of carbonyl (C=O) groups is 2. The number of benzene rings is 2. The van der Waals surface area contributed by atoms with Crippen molar-refractivity contribution in [1.82, 2.24) is 9.62 Å². The molecule has 2 heterocycles. The van der Waals surface area contributed by atoms with Crippen LogP contribution in [0.15, 0.2) is 48.5 Å². The normalized spacial score (nSPS) is 24.4. The van der Waals surface area contributed by atoms with Gasteiger partial charge in [-0.25, -0.2) is 17.5 Å². The van der Waals surface area contributed by atoms with E-state index in [9.17, 15) is 18.0 Å². The molecule has 2 aliphatic heterocycles. The Hall–Kier alpha value is -2.78. The highest BCUT2D eigenvalue weighted by Crippen LogP contribution is 2.45. The molecule has 2 bridgehead atoms. The predicted octanol–water partition coefficient (Wildman–Crippen LogP) is 3.28. The summed E-state index contributed by atoms with van der Waals surface area (Å²) in [6, 6.07) is 13.1. The Labute approximate surface area is 205 Å². The van der Waals surface area contributed by atoms with E-state index in [-0.39, 0.29) is 24.1 Å². The molecule has 0 aromatic heterocycles. The minimum atomic E-state index is -3.57. The molecule has 0 radical (unpaired) electrons. The Balaban J connectivity index is 1.71. The van der Waals surface area contributed by atoms with Crippen LogP contribution in [0, 0.1) is 11.7 Å². The molecule has 9 heteroatoms. The summed E-state index contributed by atoms with van der Waals surface area (Å²) in [6.07, 6.45) is 0.419. The highest BCUT2D eigenvalue weighted by Gasteiger charge is 2.54. The molecule has 1 amide bonds. The van der Waals surface area contributed by atoms with Gasteiger partial charge in [0.15, 0.2) is 6.10 Å². The van der Waals surface area contributed by atoms with Gasteiger partial charge in [-0.3, -0.25) is 9.59 Å². The zero-order valence-corrected chi connectivity index (χ0v) is 20.9. The van der Waals surface area contributed by atoms with Gasteiger partial charge in [0, 0.05) is 24.6 Å². The number of fused-ring (bicyclic) bond motifs is 2. The molecule has 0 spiro atoms. The summed E-state index contributed by atoms with van der Waals surface area (Å²) < 4.78 is 48.7. The van der Waals surface area contributed by atoms with E-state index in [1.807, 2.05) is 30.3 Å². The van der Waals surface area contributed by atoms with Gasteiger partial charge in [0.05, 0.1) is 11.8 Å². The molecule has 2 aromatic rings. The van der Waals surface area contributed by atoms with Crippen LogP contribution in [0.5, 0.6) is 0 Å². The van der Waals surface area contributed by atoms with Crippen LogP contribution in [0.1, 0.15) is 39.2 Å². The molecule has 3 fully saturated rings. The Morgan fingerprint density at radius 1 is 1.14 bits per heavy atom. The van der Waals surface area contributed by atoms with Crippen LogP contribution in [-0.4, -0.2) is 55.2 Å². The summed E-state index contributed by atoms with van der Waals surface area (Å²) in [7, 11) is -3.57. The average Bonchev–Trinajstić information content (AvgIpc) is 2.79. The van der Waals surface area contributed by atoms with Gasteiger partial charge in [0.2, 0.25) is 10.0 Å². The first-order valence-corrected chi connectivity index (χ1v) is 13.6. The van der Waals surface area contributed by atoms with Crippen molar-refractivity contribution in [2.24, 2.45) is 5.92 Å². The minimum Gasteiger partial charge on any atom is -0.453 e. The van der Waals surface area contributed by atoms with Gasteiger partial charge in [0.25, 0.3) is 5.91 Å². The standard InChI is InChI=1S/C26H31FN2O5S/c1-4-35(32,33)28-25-20-13-21(14-20)29(26(31)16(2)34-17(3)30)23(25)15-19-11-8-12-22(24(19)27)18-9-6-5-7-10-18/h5-12,16,20-21,23,25,28H,4,13-15H2,1-3H3/t16-,20?,21?,23+,25+/m1/s1. The molecular formula is C26H31FN2O5S. The van der Waals surface area contributed by atoms with Crippen LogP contribution >= 0.6 is 0 Å². The number of halogens is 1. The van der Waals surface area contributed by atoms with Crippen LogP contribution in [0.3, 0.4) is 0 Å². The summed E-state index contributed by atoms with van der Waals surface area (Å²) in [5.41, 5.74) is 1.58. The summed E-state index contributed by atoms with van der Waals surface area (Å²) in [6.45, 7) is 4.30. The number of hydrogen-bond acceptors (Lipinski definition) is 5. The van der Waals surface area contributed by atoms with Crippen LogP contribution in [0.4, 0.5) is 4.39 Å². The second-order valence-electron chi connectivity index (χ2n) is 9.35. The second-order valence-corrected chi connectivity index (χ2v) is 11.4. The third kappa shape index (κ3) is 5.26. The lowest BCUT2D eigenvalue weighted by molar-refractivity contribution is -0.168. The largest absolute Gasteiger partial charge is 0.453 e. The molecule has 1 aliphatic carbocycles. The van der Waals surface area contributed by atoms with Crippen molar-refractivity contribution in [2.45, 2.75) is 64.3 Å². The minimum absolute atomic E-state index is 0.0553. The number of amides is 1. The van der Waals surface area contributed by atoms with E-state index < -0.39 is 45.9 Å². The molecule has 0 unspecified atom stereocenters. The molecule has 7 nitrogen and oxygen atoms in total. The van der Waals surface area contributed by atoms with Crippen LogP contribution in [0.25, 0.3) is 11.1 Å². The van der Waals surface area contributed by atoms with Crippen LogP contribution in [-0.2, 0) is 30.8 Å². The molecule has 188 valence electrons. The number of nitrogens with zero attached hydrogens (tertiary/aromatic N) is 1. The lowest BCUT2D eigenvalue weighted by Gasteiger charge is -2.58. The van der Waals surface area contributed by atoms with Crippen molar-refractivity contribution in [3.63, 3.8) is 0 Å². The Morgan fingerprint density at radius 3 is 2.46 bits per heavy atom. The predicted molar refractivity (Wildman–Crippen MR) is 130 cm³/mol. The fourth-order valence-corrected chi connectivity index (χ4v) is 6.19. The van der Waals surface area contributed by atoms with E-state index in [0.29, 0.717) is 24.0 Å². The molecule has 2 saturated heterocycles. The number of carbonyl (C=O) groups excluding carboxylic acids is 2. The fourth-order valence-electron chi connectivity index (χ4n) is 5.26. The van der Waals surface area contributed by atoms with Crippen LogP contribution in [0.2, 0.25) is 0 Å². The number of esters is 1. The van der Waals surface area contributed by atoms with Gasteiger partial charge < -0.3 is 9.64 Å². The van der Waals surface area contributed by atoms with Crippen molar-refractivity contribution >= 4 is 21.9 Å². The van der Waals surface area contributed by atoms with E-state index in [2.05, 4.69) is 4.72 Å². The molecule has 3 atom stereocenters. The fraction of sp³-hybridized carbons (Fsp3) is 0.462. The number of piperidine rings is 2. The van der Waals surface area contributed by atoms with E-state index in [1.165, 1.54) is 13.8 Å². The number of ether oxygens (including phenoxy) is 1. The first-order valence-electron chi connectivity index (χ1n) is 11.9. The van der Waals surface area contributed by atoms with Crippen molar-refractivity contribution < 1.29 is 27.1 Å². The molecule has 1 saturated carbocycles. The first-order chi connectivity index (χ1) is 16.6. The lowest BCUT2D eigenvalue weighted by atomic mass is 9.66. The van der Waals surface area contributed by atoms with Gasteiger partial charge in [-0.1, -0.05) is 48.5 Å². The SMILES string of the molecule is CCS(=O)(=O)N[C@H]1C2CC(C2)N(C(=O)[C@@H](C)OC(C)=O)[C@H]1Cc1cccc(-c2ccccc2)c1F. The summed E-state index contributed by atoms with van der Waals surface area (Å²) in [4.78, 5) is 26.5. The monoisotopic (exact) mass is 502 g/mol. The van der Waals surface area contributed by atoms with E-state index in [0.717, 1.165) is 5.56 Å². The number of hydrogen-bond donors (Lipinski definition) is 1. The molecule has 3 aliphatic rings. The summed E-state index contributed by atoms with van der Waals surface area (Å²) in [5.74, 6) is -1.40. The average molecular weight is 503 g/mol. The van der Waals surface area contributed by atoms with Crippen molar-refractivity contribution in [2.75, 3.05) is 5.75 Å². The van der Waals surface area contributed by atoms with Gasteiger partial charge in [-0.15, -0.1) is 0 Å². The maximum Gasteiger partial charge on any atom is 0.303 e. The molecule has 5 rings (SSSR count). The highest BCUT2D eigenvalue weighted by molar-refractivity contribution is 7.89. The second kappa shape index (κ2) is 10.1. The van der Waals surface area contributed by atoms with Crippen molar-refractivity contribution in [3.8, 4) is 11.1 Å². The van der Waals surface area contributed by atoms with E-state index >= 15 is 4.39 Å². The molecule has 1 N–H and O–H groups in total. The summed E-state index contributed by atoms with van der Waals surface area (Å²) >= 11 is 0. The third-order valence-electron chi connectivity index (χ3n) is 7.06. The number of nitrogens with one attached hydrogen (secondary N) is 1. The number of rotatable bonds is 8. The van der Waals surface area contributed by atoms with E-state index in [1.54, 1.807) is 30.0 Å². The van der Waals surface area contributed by atoms with Gasteiger partial charge >= 0.3 is 5.97 Å². The first kappa shape index (κ1) is 25.3. The quantitative estimate of drug-likeness (QED) is 0.560. The smallest absolute Gasteiger partial charge is 0.303 e. The maximum atomic E-state index is 15.7. The Bertz CT molecular complexity index is 1200. The lowest BCUT2D eigenvalue weighted by Crippen LogP contribution is -2.71. The third-order valence-corrected chi connectivity index (χ3v) is 8.45. The summed E-state index contributed by atoms with van der Waals surface area (Å²) in [5, 5.41) is 0. The van der Waals surface area contributed by atoms with E-state index in [4.69, 9.17) is 4.74 Å². The molecular weight excluding hydrogens is 471 g/mol. The zero-order chi connectivity index (χ0) is 25.3. The van der Waals surface area contributed by atoms with Crippen molar-refractivity contribution in [3.05, 3.63) is 59.9 Å². The number of sulfonamides is 1. The maximum absolute atomic E-state index is 15.7.